The lowest BCUT2D eigenvalue weighted by molar-refractivity contribution is -0.130. The summed E-state index contributed by atoms with van der Waals surface area (Å²) in [5.41, 5.74) is 0.790. The first-order chi connectivity index (χ1) is 12.1. The van der Waals surface area contributed by atoms with E-state index in [1.54, 1.807) is 29.3 Å². The molecule has 2 aromatic rings. The summed E-state index contributed by atoms with van der Waals surface area (Å²) in [5.74, 6) is 0.116. The van der Waals surface area contributed by atoms with E-state index in [1.807, 2.05) is 4.90 Å². The summed E-state index contributed by atoms with van der Waals surface area (Å²) in [5, 5.41) is 9.24. The minimum Gasteiger partial charge on any atom is -0.353 e. The minimum absolute atomic E-state index is 0.0479. The molecule has 1 aromatic carbocycles. The van der Waals surface area contributed by atoms with Crippen molar-refractivity contribution in [3.8, 4) is 6.07 Å². The zero-order chi connectivity index (χ0) is 17.8. The maximum atomic E-state index is 13.8. The van der Waals surface area contributed by atoms with Gasteiger partial charge < -0.3 is 9.80 Å². The number of pyridine rings is 1. The predicted octanol–water partition coefficient (Wildman–Crippen LogP) is 2.64. The lowest BCUT2D eigenvalue weighted by Gasteiger charge is -2.35. The van der Waals surface area contributed by atoms with Crippen molar-refractivity contribution in [2.75, 3.05) is 31.1 Å². The van der Waals surface area contributed by atoms with E-state index in [2.05, 4.69) is 11.1 Å². The van der Waals surface area contributed by atoms with E-state index in [-0.39, 0.29) is 22.9 Å². The van der Waals surface area contributed by atoms with Gasteiger partial charge in [0.2, 0.25) is 5.91 Å². The summed E-state index contributed by atoms with van der Waals surface area (Å²) in [6.07, 6.45) is 1.55. The van der Waals surface area contributed by atoms with Crippen LogP contribution in [0.1, 0.15) is 11.1 Å². The molecule has 0 N–H and O–H groups in total. The van der Waals surface area contributed by atoms with Crippen molar-refractivity contribution in [1.29, 1.82) is 5.26 Å². The first-order valence-corrected chi connectivity index (χ1v) is 8.28. The molecule has 1 aliphatic rings. The van der Waals surface area contributed by atoms with Gasteiger partial charge in [-0.3, -0.25) is 4.79 Å². The van der Waals surface area contributed by atoms with Gasteiger partial charge in [-0.15, -0.1) is 0 Å². The van der Waals surface area contributed by atoms with Crippen LogP contribution in [0.2, 0.25) is 5.02 Å². The number of aromatic nitrogens is 1. The monoisotopic (exact) mass is 358 g/mol. The summed E-state index contributed by atoms with van der Waals surface area (Å²) in [6.45, 7) is 2.25. The van der Waals surface area contributed by atoms with Gasteiger partial charge >= 0.3 is 0 Å². The number of rotatable bonds is 3. The van der Waals surface area contributed by atoms with Crippen molar-refractivity contribution >= 4 is 23.3 Å². The lowest BCUT2D eigenvalue weighted by Crippen LogP contribution is -2.49. The van der Waals surface area contributed by atoms with Gasteiger partial charge in [0.25, 0.3) is 0 Å². The minimum atomic E-state index is -0.461. The fraction of sp³-hybridized carbons (Fsp3) is 0.278. The molecule has 0 bridgehead atoms. The Labute approximate surface area is 150 Å². The van der Waals surface area contributed by atoms with Crippen LogP contribution < -0.4 is 4.90 Å². The Kier molecular flexibility index (Phi) is 5.15. The molecule has 128 valence electrons. The zero-order valence-corrected chi connectivity index (χ0v) is 14.2. The number of amides is 1. The van der Waals surface area contributed by atoms with Gasteiger partial charge in [-0.2, -0.15) is 5.26 Å². The number of carbonyl (C=O) groups excluding carboxylic acids is 1. The molecule has 0 atom stereocenters. The molecule has 1 aliphatic heterocycles. The smallest absolute Gasteiger partial charge is 0.227 e. The van der Waals surface area contributed by atoms with Crippen molar-refractivity contribution in [3.05, 3.63) is 58.5 Å². The summed E-state index contributed by atoms with van der Waals surface area (Å²) in [4.78, 5) is 20.4. The molecule has 0 radical (unpaired) electrons. The largest absolute Gasteiger partial charge is 0.353 e. The summed E-state index contributed by atoms with van der Waals surface area (Å²) in [7, 11) is 0. The number of anilines is 1. The molecule has 1 aromatic heterocycles. The second kappa shape index (κ2) is 7.49. The van der Waals surface area contributed by atoms with Crippen molar-refractivity contribution in [3.63, 3.8) is 0 Å². The first kappa shape index (κ1) is 17.2. The third kappa shape index (κ3) is 3.89. The first-order valence-electron chi connectivity index (χ1n) is 7.90. The van der Waals surface area contributed by atoms with Gasteiger partial charge in [0, 0.05) is 43.0 Å². The van der Waals surface area contributed by atoms with E-state index in [0.717, 1.165) is 5.82 Å². The zero-order valence-electron chi connectivity index (χ0n) is 13.5. The highest BCUT2D eigenvalue weighted by atomic mass is 35.5. The highest BCUT2D eigenvalue weighted by molar-refractivity contribution is 6.31. The molecule has 25 heavy (non-hydrogen) atoms. The van der Waals surface area contributed by atoms with Crippen molar-refractivity contribution < 1.29 is 9.18 Å². The highest BCUT2D eigenvalue weighted by Gasteiger charge is 2.23. The van der Waals surface area contributed by atoms with Crippen LogP contribution in [0.4, 0.5) is 10.2 Å². The fourth-order valence-electron chi connectivity index (χ4n) is 2.81. The molecule has 0 aliphatic carbocycles. The summed E-state index contributed by atoms with van der Waals surface area (Å²) in [6, 6.07) is 9.89. The quantitative estimate of drug-likeness (QED) is 0.846. The lowest BCUT2D eigenvalue weighted by atomic mass is 10.1. The second-order valence-electron chi connectivity index (χ2n) is 5.76. The number of carbonyl (C=O) groups is 1. The molecule has 7 heteroatoms. The Balaban J connectivity index is 1.62. The molecule has 1 amide bonds. The second-order valence-corrected chi connectivity index (χ2v) is 6.17. The van der Waals surface area contributed by atoms with Crippen molar-refractivity contribution in [1.82, 2.24) is 9.88 Å². The van der Waals surface area contributed by atoms with Gasteiger partial charge in [0.15, 0.2) is 0 Å². The van der Waals surface area contributed by atoms with E-state index in [4.69, 9.17) is 16.9 Å². The molecular formula is C18H16ClFN4O. The van der Waals surface area contributed by atoms with Crippen LogP contribution in [0.3, 0.4) is 0 Å². The topological polar surface area (TPSA) is 60.2 Å². The summed E-state index contributed by atoms with van der Waals surface area (Å²) < 4.78 is 13.8. The number of hydrogen-bond donors (Lipinski definition) is 0. The van der Waals surface area contributed by atoms with E-state index in [0.29, 0.717) is 31.7 Å². The molecule has 5 nitrogen and oxygen atoms in total. The Morgan fingerprint density at radius 2 is 2.04 bits per heavy atom. The molecule has 1 saturated heterocycles. The Hall–Kier alpha value is -2.65. The third-order valence-electron chi connectivity index (χ3n) is 4.22. The molecule has 0 saturated carbocycles. The number of piperazine rings is 1. The molecule has 3 rings (SSSR count). The van der Waals surface area contributed by atoms with Crippen LogP contribution in [-0.2, 0) is 11.2 Å². The number of nitriles is 1. The molecule has 0 unspecified atom stereocenters. The van der Waals surface area contributed by atoms with Crippen LogP contribution in [0.25, 0.3) is 0 Å². The summed E-state index contributed by atoms with van der Waals surface area (Å²) >= 11 is 5.99. The normalized spacial score (nSPS) is 14.3. The fourth-order valence-corrected chi connectivity index (χ4v) is 3.04. The van der Waals surface area contributed by atoms with Crippen LogP contribution in [0.5, 0.6) is 0 Å². The van der Waals surface area contributed by atoms with Gasteiger partial charge in [-0.05, 0) is 24.3 Å². The molecular weight excluding hydrogens is 343 g/mol. The number of nitrogens with zero attached hydrogens (tertiary/aromatic N) is 4. The SMILES string of the molecule is N#Cc1ccnc(N2CCN(C(=O)Cc3c(F)cccc3Cl)CC2)c1. The standard InChI is InChI=1S/C18H16ClFN4O/c19-15-2-1-3-16(20)14(15)11-18(25)24-8-6-23(7-9-24)17-10-13(12-21)4-5-22-17/h1-5,10H,6-9,11H2. The maximum absolute atomic E-state index is 13.8. The Morgan fingerprint density at radius 1 is 1.28 bits per heavy atom. The van der Waals surface area contributed by atoms with Crippen LogP contribution >= 0.6 is 11.6 Å². The molecule has 2 heterocycles. The maximum Gasteiger partial charge on any atom is 0.227 e. The van der Waals surface area contributed by atoms with Gasteiger partial charge in [0.05, 0.1) is 18.1 Å². The predicted molar refractivity (Wildman–Crippen MR) is 92.9 cm³/mol. The van der Waals surface area contributed by atoms with Gasteiger partial charge in [0.1, 0.15) is 11.6 Å². The van der Waals surface area contributed by atoms with Gasteiger partial charge in [-0.1, -0.05) is 17.7 Å². The van der Waals surface area contributed by atoms with E-state index in [9.17, 15) is 9.18 Å². The Bertz CT molecular complexity index is 808. The number of hydrogen-bond acceptors (Lipinski definition) is 4. The average molecular weight is 359 g/mol. The van der Waals surface area contributed by atoms with E-state index in [1.165, 1.54) is 12.1 Å². The van der Waals surface area contributed by atoms with Crippen molar-refractivity contribution in [2.45, 2.75) is 6.42 Å². The van der Waals surface area contributed by atoms with Crippen LogP contribution in [-0.4, -0.2) is 42.0 Å². The van der Waals surface area contributed by atoms with E-state index >= 15 is 0 Å². The highest BCUT2D eigenvalue weighted by Crippen LogP contribution is 2.21. The molecule has 1 fully saturated rings. The van der Waals surface area contributed by atoms with Crippen LogP contribution in [0, 0.1) is 17.1 Å². The van der Waals surface area contributed by atoms with E-state index < -0.39 is 5.82 Å². The number of benzene rings is 1. The number of halogens is 2. The third-order valence-corrected chi connectivity index (χ3v) is 4.57. The molecule has 0 spiro atoms. The van der Waals surface area contributed by atoms with Crippen molar-refractivity contribution in [2.24, 2.45) is 0 Å². The average Bonchev–Trinajstić information content (AvgIpc) is 2.65. The van der Waals surface area contributed by atoms with Gasteiger partial charge in [-0.25, -0.2) is 9.37 Å². The Morgan fingerprint density at radius 3 is 2.72 bits per heavy atom. The van der Waals surface area contributed by atoms with Crippen LogP contribution in [0.15, 0.2) is 36.5 Å².